The molecule has 0 bridgehead atoms. The van der Waals surface area contributed by atoms with Crippen LogP contribution < -0.4 is 10.6 Å². The van der Waals surface area contributed by atoms with Crippen molar-refractivity contribution in [3.05, 3.63) is 40.1 Å². The molecule has 1 fully saturated rings. The van der Waals surface area contributed by atoms with Gasteiger partial charge in [0.05, 0.1) is 17.4 Å². The number of carbonyl (C=O) groups is 2. The minimum atomic E-state index is -0.426. The van der Waals surface area contributed by atoms with Crippen molar-refractivity contribution in [1.29, 1.82) is 0 Å². The van der Waals surface area contributed by atoms with Crippen LogP contribution in [0.1, 0.15) is 42.3 Å². The maximum atomic E-state index is 14.0. The van der Waals surface area contributed by atoms with Crippen LogP contribution >= 0.6 is 11.3 Å². The normalized spacial score (nSPS) is 19.7. The summed E-state index contributed by atoms with van der Waals surface area (Å²) in [5, 5.41) is 8.37. The van der Waals surface area contributed by atoms with E-state index in [-0.39, 0.29) is 18.0 Å². The van der Waals surface area contributed by atoms with Crippen molar-refractivity contribution in [2.75, 3.05) is 17.2 Å². The van der Waals surface area contributed by atoms with Gasteiger partial charge in [-0.2, -0.15) is 0 Å². The number of nitrogens with zero attached hydrogens (tertiary/aromatic N) is 2. The molecule has 136 valence electrons. The Morgan fingerprint density at radius 1 is 1.35 bits per heavy atom. The number of rotatable bonds is 2. The van der Waals surface area contributed by atoms with E-state index in [4.69, 9.17) is 0 Å². The van der Waals surface area contributed by atoms with Crippen molar-refractivity contribution in [1.82, 2.24) is 9.88 Å². The summed E-state index contributed by atoms with van der Waals surface area (Å²) in [6, 6.07) is 2.30. The van der Waals surface area contributed by atoms with Gasteiger partial charge >= 0.3 is 6.03 Å². The lowest BCUT2D eigenvalue weighted by Gasteiger charge is -2.34. The van der Waals surface area contributed by atoms with Gasteiger partial charge in [-0.1, -0.05) is 0 Å². The van der Waals surface area contributed by atoms with E-state index in [2.05, 4.69) is 15.6 Å². The molecule has 8 heteroatoms. The van der Waals surface area contributed by atoms with E-state index in [1.54, 1.807) is 11.1 Å². The van der Waals surface area contributed by atoms with Crippen LogP contribution in [0.15, 0.2) is 23.7 Å². The van der Waals surface area contributed by atoms with Crippen molar-refractivity contribution in [2.24, 2.45) is 0 Å². The molecule has 0 saturated carbocycles. The van der Waals surface area contributed by atoms with Gasteiger partial charge < -0.3 is 15.5 Å². The number of piperidine rings is 1. The van der Waals surface area contributed by atoms with Gasteiger partial charge in [0.25, 0.3) is 0 Å². The number of halogens is 1. The lowest BCUT2D eigenvalue weighted by molar-refractivity contribution is -0.116. The molecule has 26 heavy (non-hydrogen) atoms. The Bertz CT molecular complexity index is 840. The predicted octanol–water partition coefficient (Wildman–Crippen LogP) is 3.93. The molecular weight excluding hydrogens is 355 g/mol. The van der Waals surface area contributed by atoms with Crippen molar-refractivity contribution in [3.8, 4) is 0 Å². The highest BCUT2D eigenvalue weighted by Gasteiger charge is 2.30. The third-order valence-electron chi connectivity index (χ3n) is 4.81. The van der Waals surface area contributed by atoms with Gasteiger partial charge in [-0.05, 0) is 43.4 Å². The van der Waals surface area contributed by atoms with Gasteiger partial charge in [0.1, 0.15) is 10.8 Å². The number of carbonyl (C=O) groups excluding carboxylic acids is 2. The third-order valence-corrected chi connectivity index (χ3v) is 5.69. The van der Waals surface area contributed by atoms with Gasteiger partial charge in [-0.3, -0.25) is 4.79 Å². The third kappa shape index (κ3) is 3.29. The average molecular weight is 374 g/mol. The van der Waals surface area contributed by atoms with E-state index in [0.717, 1.165) is 24.3 Å². The number of hydrogen-bond donors (Lipinski definition) is 2. The molecule has 0 radical (unpaired) electrons. The number of urea groups is 1. The first kappa shape index (κ1) is 17.0. The molecule has 1 atom stereocenters. The molecule has 3 heterocycles. The number of aromatic nitrogens is 1. The van der Waals surface area contributed by atoms with Gasteiger partial charge in [-0.15, -0.1) is 11.3 Å². The first-order chi connectivity index (χ1) is 12.6. The first-order valence-electron chi connectivity index (χ1n) is 8.71. The molecule has 1 aromatic carbocycles. The molecule has 2 aromatic rings. The molecule has 3 amide bonds. The lowest BCUT2D eigenvalue weighted by atomic mass is 10.0. The van der Waals surface area contributed by atoms with Crippen molar-refractivity contribution < 1.29 is 14.0 Å². The van der Waals surface area contributed by atoms with E-state index in [1.807, 2.05) is 5.38 Å². The minimum absolute atomic E-state index is 0.0669. The van der Waals surface area contributed by atoms with Crippen LogP contribution in [0.2, 0.25) is 0 Å². The highest BCUT2D eigenvalue weighted by Crippen LogP contribution is 2.35. The Hall–Kier alpha value is -2.48. The maximum absolute atomic E-state index is 14.0. The summed E-state index contributed by atoms with van der Waals surface area (Å²) in [5.74, 6) is -0.552. The second kappa shape index (κ2) is 7.03. The van der Waals surface area contributed by atoms with Crippen LogP contribution in [-0.4, -0.2) is 28.4 Å². The average Bonchev–Trinajstić information content (AvgIpc) is 3.17. The van der Waals surface area contributed by atoms with Crippen LogP contribution in [-0.2, 0) is 11.2 Å². The molecular formula is C18H19FN4O2S. The zero-order valence-electron chi connectivity index (χ0n) is 14.1. The number of fused-ring (bicyclic) bond motifs is 1. The van der Waals surface area contributed by atoms with E-state index in [9.17, 15) is 14.0 Å². The lowest BCUT2D eigenvalue weighted by Crippen LogP contribution is -2.41. The molecule has 4 rings (SSSR count). The van der Waals surface area contributed by atoms with Crippen LogP contribution in [0.4, 0.5) is 20.6 Å². The number of nitrogens with one attached hydrogen (secondary N) is 2. The van der Waals surface area contributed by atoms with E-state index in [1.165, 1.54) is 23.5 Å². The summed E-state index contributed by atoms with van der Waals surface area (Å²) in [4.78, 5) is 30.7. The standard InChI is InChI=1S/C18H19FN4O2S/c19-12-9-11-4-5-15(24)22-16(11)13(10-12)21-18(25)23-7-2-1-3-14(23)17-20-6-8-26-17/h6,8-10,14H,1-5,7H2,(H,21,25)(H,22,24)/t14-/m0/s1. The molecule has 0 unspecified atom stereocenters. The summed E-state index contributed by atoms with van der Waals surface area (Å²) >= 11 is 1.53. The fourth-order valence-electron chi connectivity index (χ4n) is 3.57. The van der Waals surface area contributed by atoms with Gasteiger partial charge in [-0.25, -0.2) is 14.2 Å². The van der Waals surface area contributed by atoms with Crippen LogP contribution in [0.25, 0.3) is 0 Å². The minimum Gasteiger partial charge on any atom is -0.324 e. The largest absolute Gasteiger partial charge is 0.324 e. The number of hydrogen-bond acceptors (Lipinski definition) is 4. The highest BCUT2D eigenvalue weighted by atomic mass is 32.1. The molecule has 2 aliphatic rings. The number of likely N-dealkylation sites (tertiary alicyclic amines) is 1. The molecule has 6 nitrogen and oxygen atoms in total. The zero-order valence-corrected chi connectivity index (χ0v) is 14.9. The number of anilines is 2. The van der Waals surface area contributed by atoms with Gasteiger partial charge in [0, 0.05) is 24.5 Å². The molecule has 2 aliphatic heterocycles. The maximum Gasteiger partial charge on any atom is 0.322 e. The van der Waals surface area contributed by atoms with Crippen LogP contribution in [0.5, 0.6) is 0 Å². The Balaban J connectivity index is 1.60. The molecule has 1 saturated heterocycles. The Labute approximate surface area is 154 Å². The Morgan fingerprint density at radius 3 is 3.04 bits per heavy atom. The number of aryl methyl sites for hydroxylation is 1. The first-order valence-corrected chi connectivity index (χ1v) is 9.59. The molecule has 2 N–H and O–H groups in total. The summed E-state index contributed by atoms with van der Waals surface area (Å²) in [6.45, 7) is 0.625. The SMILES string of the molecule is O=C1CCc2cc(F)cc(NC(=O)N3CCCC[C@H]3c3nccs3)c2N1. The number of thiazole rings is 1. The monoisotopic (exact) mass is 374 g/mol. The Morgan fingerprint density at radius 2 is 2.23 bits per heavy atom. The summed E-state index contributed by atoms with van der Waals surface area (Å²) in [7, 11) is 0. The second-order valence-electron chi connectivity index (χ2n) is 6.54. The molecule has 0 spiro atoms. The fraction of sp³-hybridized carbons (Fsp3) is 0.389. The number of benzene rings is 1. The smallest absolute Gasteiger partial charge is 0.322 e. The highest BCUT2D eigenvalue weighted by molar-refractivity contribution is 7.09. The van der Waals surface area contributed by atoms with Crippen molar-refractivity contribution in [3.63, 3.8) is 0 Å². The summed E-state index contributed by atoms with van der Waals surface area (Å²) in [5.41, 5.74) is 1.51. The van der Waals surface area contributed by atoms with E-state index in [0.29, 0.717) is 36.3 Å². The quantitative estimate of drug-likeness (QED) is 0.836. The van der Waals surface area contributed by atoms with E-state index >= 15 is 0 Å². The fourth-order valence-corrected chi connectivity index (χ4v) is 4.36. The van der Waals surface area contributed by atoms with Crippen LogP contribution in [0, 0.1) is 5.82 Å². The second-order valence-corrected chi connectivity index (χ2v) is 7.47. The topological polar surface area (TPSA) is 74.3 Å². The zero-order chi connectivity index (χ0) is 18.1. The predicted molar refractivity (Wildman–Crippen MR) is 97.8 cm³/mol. The Kier molecular flexibility index (Phi) is 4.58. The summed E-state index contributed by atoms with van der Waals surface area (Å²) in [6.07, 6.45) is 5.35. The van der Waals surface area contributed by atoms with Crippen LogP contribution in [0.3, 0.4) is 0 Å². The van der Waals surface area contributed by atoms with E-state index < -0.39 is 5.82 Å². The molecule has 1 aromatic heterocycles. The molecule has 0 aliphatic carbocycles. The van der Waals surface area contributed by atoms with Crippen molar-refractivity contribution in [2.45, 2.75) is 38.1 Å². The van der Waals surface area contributed by atoms with Gasteiger partial charge in [0.2, 0.25) is 5.91 Å². The van der Waals surface area contributed by atoms with Gasteiger partial charge in [0.15, 0.2) is 0 Å². The van der Waals surface area contributed by atoms with Crippen molar-refractivity contribution >= 4 is 34.6 Å². The summed E-state index contributed by atoms with van der Waals surface area (Å²) < 4.78 is 14.0. The number of amides is 3.